The molecule has 1 atom stereocenters. The third-order valence-electron chi connectivity index (χ3n) is 4.17. The quantitative estimate of drug-likeness (QED) is 0.334. The van der Waals surface area contributed by atoms with Gasteiger partial charge in [-0.2, -0.15) is 4.90 Å². The van der Waals surface area contributed by atoms with Gasteiger partial charge < -0.3 is 14.2 Å². The first kappa shape index (κ1) is 27.9. The van der Waals surface area contributed by atoms with Crippen LogP contribution in [0.25, 0.3) is 0 Å². The van der Waals surface area contributed by atoms with Crippen molar-refractivity contribution in [1.29, 1.82) is 0 Å². The lowest BCUT2D eigenvalue weighted by Crippen LogP contribution is -2.52. The third kappa shape index (κ3) is 9.11. The summed E-state index contributed by atoms with van der Waals surface area (Å²) in [5.74, 6) is -0.932. The van der Waals surface area contributed by atoms with Crippen molar-refractivity contribution in [1.82, 2.24) is 14.6 Å². The molecule has 1 aromatic heterocycles. The molecule has 11 heteroatoms. The van der Waals surface area contributed by atoms with E-state index in [0.717, 1.165) is 5.57 Å². The Hall–Kier alpha value is -3.11. The van der Waals surface area contributed by atoms with E-state index in [1.807, 2.05) is 0 Å². The molecule has 2 amide bonds. The fraction of sp³-hybridized carbons (Fsp3) is 0.682. The second kappa shape index (κ2) is 11.2. The molecule has 0 aromatic carbocycles. The third-order valence-corrected chi connectivity index (χ3v) is 4.17. The van der Waals surface area contributed by atoms with Crippen molar-refractivity contribution in [3.8, 4) is 0 Å². The first-order chi connectivity index (χ1) is 15.1. The van der Waals surface area contributed by atoms with Crippen LogP contribution < -0.4 is 5.76 Å². The smallest absolute Gasteiger partial charge is 0.441 e. The molecule has 11 nitrogen and oxygen atoms in total. The largest absolute Gasteiger partial charge is 0.467 e. The number of hydrogen-bond acceptors (Lipinski definition) is 9. The lowest BCUT2D eigenvalue weighted by molar-refractivity contribution is -0.146. The molecule has 1 heterocycles. The van der Waals surface area contributed by atoms with Crippen LogP contribution in [0.1, 0.15) is 67.1 Å². The number of hydrogen-bond donors (Lipinski definition) is 0. The highest BCUT2D eigenvalue weighted by atomic mass is 16.6. The zero-order valence-corrected chi connectivity index (χ0v) is 20.9. The summed E-state index contributed by atoms with van der Waals surface area (Å²) < 4.78 is 21.5. The Kier molecular flexibility index (Phi) is 9.44. The Labute approximate surface area is 193 Å². The maximum absolute atomic E-state index is 12.9. The number of nitrogens with zero attached hydrogens (tertiary/aromatic N) is 3. The molecule has 0 aliphatic carbocycles. The van der Waals surface area contributed by atoms with E-state index >= 15 is 0 Å². The molecule has 1 rings (SSSR count). The van der Waals surface area contributed by atoms with Gasteiger partial charge in [-0.1, -0.05) is 16.8 Å². The van der Waals surface area contributed by atoms with Crippen molar-refractivity contribution < 1.29 is 33.1 Å². The summed E-state index contributed by atoms with van der Waals surface area (Å²) in [7, 11) is 1.17. The number of carbonyl (C=O) groups is 3. The maximum Gasteiger partial charge on any atom is 0.441 e. The summed E-state index contributed by atoms with van der Waals surface area (Å²) in [6.45, 7) is 13.6. The van der Waals surface area contributed by atoms with E-state index in [0.29, 0.717) is 17.1 Å². The number of rotatable bonds is 7. The van der Waals surface area contributed by atoms with E-state index in [-0.39, 0.29) is 13.0 Å². The molecule has 1 unspecified atom stereocenters. The van der Waals surface area contributed by atoms with Crippen LogP contribution >= 0.6 is 0 Å². The summed E-state index contributed by atoms with van der Waals surface area (Å²) in [5.41, 5.74) is -1.01. The summed E-state index contributed by atoms with van der Waals surface area (Å²) in [6.07, 6.45) is 0.114. The molecule has 0 aliphatic heterocycles. The average Bonchev–Trinajstić information content (AvgIpc) is 2.95. The van der Waals surface area contributed by atoms with Gasteiger partial charge in [-0.15, -0.1) is 0 Å². The fourth-order valence-corrected chi connectivity index (χ4v) is 2.76. The van der Waals surface area contributed by atoms with Crippen molar-refractivity contribution >= 4 is 18.2 Å². The molecular weight excluding hydrogens is 434 g/mol. The molecule has 186 valence electrons. The Balaban J connectivity index is 3.13. The number of amides is 2. The molecule has 0 spiro atoms. The molecule has 1 aromatic rings. The highest BCUT2D eigenvalue weighted by Crippen LogP contribution is 2.20. The highest BCUT2D eigenvalue weighted by Gasteiger charge is 2.40. The molecule has 0 N–H and O–H groups in total. The number of aromatic nitrogens is 2. The SMILES string of the molecule is COC(=O)C(CCC=C(C)Cn1c(C)noc1=O)N(C(=O)OC(C)(C)C)C(=O)OC(C)(C)C. The van der Waals surface area contributed by atoms with Crippen molar-refractivity contribution in [2.24, 2.45) is 0 Å². The molecule has 0 radical (unpaired) electrons. The molecule has 0 aliphatic rings. The normalized spacial score (nSPS) is 13.3. The fourth-order valence-electron chi connectivity index (χ4n) is 2.76. The Morgan fingerprint density at radius 2 is 1.61 bits per heavy atom. The first-order valence-corrected chi connectivity index (χ1v) is 10.6. The summed E-state index contributed by atoms with van der Waals surface area (Å²) in [5, 5.41) is 3.61. The topological polar surface area (TPSA) is 130 Å². The van der Waals surface area contributed by atoms with E-state index in [1.165, 1.54) is 11.7 Å². The van der Waals surface area contributed by atoms with Crippen molar-refractivity contribution in [2.45, 2.75) is 92.0 Å². The zero-order chi connectivity index (χ0) is 25.6. The van der Waals surface area contributed by atoms with Gasteiger partial charge >= 0.3 is 23.9 Å². The number of esters is 1. The van der Waals surface area contributed by atoms with E-state index < -0.39 is 41.2 Å². The number of allylic oxidation sites excluding steroid dienone is 2. The second-order valence-corrected chi connectivity index (χ2v) is 9.58. The van der Waals surface area contributed by atoms with Crippen LogP contribution in [0.2, 0.25) is 0 Å². The van der Waals surface area contributed by atoms with Crippen molar-refractivity contribution in [2.75, 3.05) is 7.11 Å². The number of carbonyl (C=O) groups excluding carboxylic acids is 3. The van der Waals surface area contributed by atoms with Gasteiger partial charge in [-0.05, 0) is 68.2 Å². The molecule has 0 bridgehead atoms. The van der Waals surface area contributed by atoms with Crippen LogP contribution in [-0.4, -0.2) is 57.1 Å². The van der Waals surface area contributed by atoms with Gasteiger partial charge in [0.25, 0.3) is 0 Å². The summed E-state index contributed by atoms with van der Waals surface area (Å²) in [4.78, 5) is 50.6. The second-order valence-electron chi connectivity index (χ2n) is 9.58. The monoisotopic (exact) mass is 469 g/mol. The number of ether oxygens (including phenoxy) is 3. The lowest BCUT2D eigenvalue weighted by Gasteiger charge is -2.32. The van der Waals surface area contributed by atoms with E-state index in [4.69, 9.17) is 14.2 Å². The minimum absolute atomic E-state index is 0.0556. The van der Waals surface area contributed by atoms with Crippen LogP contribution in [0.3, 0.4) is 0 Å². The zero-order valence-electron chi connectivity index (χ0n) is 20.9. The Morgan fingerprint density at radius 3 is 2.00 bits per heavy atom. The number of methoxy groups -OCH3 is 1. The van der Waals surface area contributed by atoms with Gasteiger partial charge in [0.05, 0.1) is 13.7 Å². The average molecular weight is 470 g/mol. The molecular formula is C22H35N3O8. The van der Waals surface area contributed by atoms with Crippen LogP contribution in [0, 0.1) is 6.92 Å². The predicted molar refractivity (Wildman–Crippen MR) is 119 cm³/mol. The summed E-state index contributed by atoms with van der Waals surface area (Å²) in [6, 6.07) is -1.27. The van der Waals surface area contributed by atoms with Crippen molar-refractivity contribution in [3.05, 3.63) is 28.0 Å². The molecule has 0 saturated carbocycles. The number of imide groups is 1. The highest BCUT2D eigenvalue weighted by molar-refractivity contribution is 5.94. The van der Waals surface area contributed by atoms with Crippen LogP contribution in [-0.2, 0) is 25.5 Å². The van der Waals surface area contributed by atoms with Gasteiger partial charge in [0.15, 0.2) is 5.82 Å². The van der Waals surface area contributed by atoms with Gasteiger partial charge in [0.2, 0.25) is 0 Å². The van der Waals surface area contributed by atoms with Gasteiger partial charge in [0.1, 0.15) is 17.2 Å². The van der Waals surface area contributed by atoms with E-state index in [1.54, 1.807) is 61.5 Å². The maximum atomic E-state index is 12.9. The molecule has 0 fully saturated rings. The van der Waals surface area contributed by atoms with Crippen LogP contribution in [0.5, 0.6) is 0 Å². The predicted octanol–water partition coefficient (Wildman–Crippen LogP) is 3.59. The molecule has 33 heavy (non-hydrogen) atoms. The Morgan fingerprint density at radius 1 is 1.09 bits per heavy atom. The van der Waals surface area contributed by atoms with Gasteiger partial charge in [0, 0.05) is 0 Å². The van der Waals surface area contributed by atoms with Gasteiger partial charge in [-0.25, -0.2) is 19.2 Å². The summed E-state index contributed by atoms with van der Waals surface area (Å²) >= 11 is 0. The van der Waals surface area contributed by atoms with E-state index in [2.05, 4.69) is 9.68 Å². The van der Waals surface area contributed by atoms with E-state index in [9.17, 15) is 19.2 Å². The van der Waals surface area contributed by atoms with Gasteiger partial charge in [-0.3, -0.25) is 9.09 Å². The first-order valence-electron chi connectivity index (χ1n) is 10.6. The number of aryl methyl sites for hydroxylation is 1. The Bertz CT molecular complexity index is 903. The molecule has 0 saturated heterocycles. The minimum atomic E-state index is -1.27. The van der Waals surface area contributed by atoms with Crippen LogP contribution in [0.15, 0.2) is 21.0 Å². The lowest BCUT2D eigenvalue weighted by atomic mass is 10.1. The minimum Gasteiger partial charge on any atom is -0.467 e. The van der Waals surface area contributed by atoms with Crippen molar-refractivity contribution in [3.63, 3.8) is 0 Å². The van der Waals surface area contributed by atoms with Crippen LogP contribution in [0.4, 0.5) is 9.59 Å². The standard InChI is InChI=1S/C22H35N3O8/c1-14(13-24-15(2)23-33-18(24)27)11-10-12-16(17(26)30-9)25(19(28)31-21(3,4)5)20(29)32-22(6,7)8/h11,16H,10,12-13H2,1-9H3.